The maximum absolute atomic E-state index is 12.2. The summed E-state index contributed by atoms with van der Waals surface area (Å²) in [6.45, 7) is 3.54. The Bertz CT molecular complexity index is 1270. The largest absolute Gasteiger partial charge is 0.454 e. The van der Waals surface area contributed by atoms with Gasteiger partial charge in [0, 0.05) is 0 Å². The zero-order valence-corrected chi connectivity index (χ0v) is 17.5. The molecule has 31 heavy (non-hydrogen) atoms. The van der Waals surface area contributed by atoms with Crippen molar-refractivity contribution in [3.63, 3.8) is 0 Å². The van der Waals surface area contributed by atoms with Gasteiger partial charge in [-0.15, -0.1) is 0 Å². The van der Waals surface area contributed by atoms with Gasteiger partial charge in [0.25, 0.3) is 5.91 Å². The van der Waals surface area contributed by atoms with Crippen LogP contribution in [0.15, 0.2) is 35.9 Å². The average Bonchev–Trinajstić information content (AvgIpc) is 3.36. The summed E-state index contributed by atoms with van der Waals surface area (Å²) >= 11 is 1.34. The van der Waals surface area contributed by atoms with Crippen LogP contribution in [0.4, 0.5) is 5.13 Å². The van der Waals surface area contributed by atoms with Crippen molar-refractivity contribution in [2.75, 3.05) is 18.7 Å². The van der Waals surface area contributed by atoms with E-state index in [4.69, 9.17) is 14.2 Å². The molecule has 1 aliphatic rings. The Hall–Kier alpha value is -3.90. The van der Waals surface area contributed by atoms with E-state index in [2.05, 4.69) is 10.3 Å². The number of hydrogen-bond acceptors (Lipinski definition) is 8. The number of nitrogens with one attached hydrogen (secondary N) is 1. The van der Waals surface area contributed by atoms with Gasteiger partial charge in [-0.05, 0) is 54.8 Å². The first kappa shape index (κ1) is 20.4. The molecule has 0 atom stereocenters. The molecule has 2 aromatic carbocycles. The lowest BCUT2D eigenvalue weighted by Gasteiger charge is -2.04. The van der Waals surface area contributed by atoms with Crippen molar-refractivity contribution < 1.29 is 23.8 Å². The van der Waals surface area contributed by atoms with E-state index in [9.17, 15) is 14.9 Å². The highest BCUT2D eigenvalue weighted by molar-refractivity contribution is 7.22. The van der Waals surface area contributed by atoms with Gasteiger partial charge in [0.05, 0.1) is 10.2 Å². The van der Waals surface area contributed by atoms with Gasteiger partial charge >= 0.3 is 5.97 Å². The summed E-state index contributed by atoms with van der Waals surface area (Å²) in [5, 5.41) is 12.3. The summed E-state index contributed by atoms with van der Waals surface area (Å²) in [6, 6.07) is 10.8. The van der Waals surface area contributed by atoms with Crippen molar-refractivity contribution >= 4 is 44.6 Å². The number of carbonyl (C=O) groups is 2. The number of anilines is 1. The fourth-order valence-corrected chi connectivity index (χ4v) is 4.15. The van der Waals surface area contributed by atoms with E-state index in [-0.39, 0.29) is 12.4 Å². The second-order valence-electron chi connectivity index (χ2n) is 6.85. The van der Waals surface area contributed by atoms with Crippen LogP contribution in [0, 0.1) is 25.2 Å². The summed E-state index contributed by atoms with van der Waals surface area (Å²) in [5.74, 6) is -0.316. The number of hydrogen-bond donors (Lipinski definition) is 1. The van der Waals surface area contributed by atoms with E-state index in [0.29, 0.717) is 22.2 Å². The number of benzene rings is 2. The maximum Gasteiger partial charge on any atom is 0.349 e. The number of nitriles is 1. The highest BCUT2D eigenvalue weighted by atomic mass is 32.1. The molecule has 1 aromatic heterocycles. The summed E-state index contributed by atoms with van der Waals surface area (Å²) in [5.41, 5.74) is 3.28. The summed E-state index contributed by atoms with van der Waals surface area (Å²) in [4.78, 5) is 28.8. The average molecular weight is 435 g/mol. The Morgan fingerprint density at radius 1 is 1.26 bits per heavy atom. The number of carbonyl (C=O) groups excluding carboxylic acids is 2. The molecular formula is C22H17N3O5S. The molecule has 0 bridgehead atoms. The lowest BCUT2D eigenvalue weighted by Crippen LogP contribution is -2.21. The first-order chi connectivity index (χ1) is 14.9. The van der Waals surface area contributed by atoms with Crippen LogP contribution in [0.3, 0.4) is 0 Å². The Balaban J connectivity index is 1.38. The van der Waals surface area contributed by atoms with Gasteiger partial charge in [0.1, 0.15) is 11.6 Å². The highest BCUT2D eigenvalue weighted by Crippen LogP contribution is 2.33. The van der Waals surface area contributed by atoms with Crippen LogP contribution >= 0.6 is 11.3 Å². The molecule has 2 heterocycles. The molecule has 4 rings (SSSR count). The smallest absolute Gasteiger partial charge is 0.349 e. The zero-order chi connectivity index (χ0) is 22.0. The van der Waals surface area contributed by atoms with Crippen LogP contribution in [-0.2, 0) is 14.3 Å². The summed E-state index contributed by atoms with van der Waals surface area (Å²) < 4.78 is 16.5. The Morgan fingerprint density at radius 3 is 2.87 bits per heavy atom. The van der Waals surface area contributed by atoms with E-state index in [1.165, 1.54) is 17.4 Å². The Morgan fingerprint density at radius 2 is 2.06 bits per heavy atom. The third-order valence-corrected chi connectivity index (χ3v) is 5.38. The fraction of sp³-hybridized carbons (Fsp3) is 0.182. The van der Waals surface area contributed by atoms with E-state index < -0.39 is 18.5 Å². The van der Waals surface area contributed by atoms with Crippen molar-refractivity contribution in [1.82, 2.24) is 4.98 Å². The van der Waals surface area contributed by atoms with Crippen molar-refractivity contribution in [3.8, 4) is 17.6 Å². The molecular weight excluding hydrogens is 418 g/mol. The molecule has 0 unspecified atom stereocenters. The van der Waals surface area contributed by atoms with Gasteiger partial charge in [-0.2, -0.15) is 5.26 Å². The zero-order valence-electron chi connectivity index (χ0n) is 16.7. The standard InChI is InChI=1S/C22H17N3O5S/c1-12-5-13(2)20-18(6-12)31-22(25-20)24-19(26)10-28-21(27)15(9-23)7-14-3-4-16-17(8-14)30-11-29-16/h3-8H,10-11H2,1-2H3,(H,24,25,26). The molecule has 0 radical (unpaired) electrons. The Kier molecular flexibility index (Phi) is 5.56. The van der Waals surface area contributed by atoms with E-state index in [1.807, 2.05) is 26.0 Å². The number of ether oxygens (including phenoxy) is 3. The molecule has 0 saturated carbocycles. The predicted octanol–water partition coefficient (Wildman–Crippen LogP) is 3.73. The number of rotatable bonds is 5. The first-order valence-corrected chi connectivity index (χ1v) is 10.1. The topological polar surface area (TPSA) is 111 Å². The summed E-state index contributed by atoms with van der Waals surface area (Å²) in [7, 11) is 0. The second kappa shape index (κ2) is 8.45. The number of aryl methyl sites for hydroxylation is 2. The number of thiazole rings is 1. The van der Waals surface area contributed by atoms with E-state index in [0.717, 1.165) is 21.3 Å². The van der Waals surface area contributed by atoms with Crippen LogP contribution in [0.2, 0.25) is 0 Å². The lowest BCUT2D eigenvalue weighted by molar-refractivity contribution is -0.142. The number of fused-ring (bicyclic) bond motifs is 2. The van der Waals surface area contributed by atoms with Gasteiger partial charge in [-0.3, -0.25) is 10.1 Å². The quantitative estimate of drug-likeness (QED) is 0.369. The molecule has 0 spiro atoms. The van der Waals surface area contributed by atoms with Gasteiger partial charge < -0.3 is 14.2 Å². The first-order valence-electron chi connectivity index (χ1n) is 9.29. The van der Waals surface area contributed by atoms with Crippen LogP contribution in [0.5, 0.6) is 11.5 Å². The molecule has 1 aliphatic heterocycles. The molecule has 0 fully saturated rings. The van der Waals surface area contributed by atoms with Crippen LogP contribution in [0.1, 0.15) is 16.7 Å². The fourth-order valence-electron chi connectivity index (χ4n) is 3.09. The number of aromatic nitrogens is 1. The van der Waals surface area contributed by atoms with Gasteiger partial charge in [0.2, 0.25) is 6.79 Å². The molecule has 1 N–H and O–H groups in total. The molecule has 1 amide bonds. The monoisotopic (exact) mass is 435 g/mol. The SMILES string of the molecule is Cc1cc(C)c2nc(NC(=O)COC(=O)C(C#N)=Cc3ccc4c(c3)OCO4)sc2c1. The molecule has 0 aliphatic carbocycles. The van der Waals surface area contributed by atoms with Crippen LogP contribution in [-0.4, -0.2) is 30.3 Å². The minimum atomic E-state index is -0.897. The minimum absolute atomic E-state index is 0.124. The third kappa shape index (κ3) is 4.49. The minimum Gasteiger partial charge on any atom is -0.454 e. The molecule has 0 saturated heterocycles. The van der Waals surface area contributed by atoms with Gasteiger partial charge in [-0.1, -0.05) is 23.5 Å². The molecule has 3 aromatic rings. The maximum atomic E-state index is 12.2. The third-order valence-electron chi connectivity index (χ3n) is 4.46. The highest BCUT2D eigenvalue weighted by Gasteiger charge is 2.17. The molecule has 9 heteroatoms. The van der Waals surface area contributed by atoms with Crippen LogP contribution < -0.4 is 14.8 Å². The van der Waals surface area contributed by atoms with E-state index >= 15 is 0 Å². The van der Waals surface area contributed by atoms with Crippen molar-refractivity contribution in [1.29, 1.82) is 5.26 Å². The molecule has 156 valence electrons. The number of amides is 1. The normalized spacial score (nSPS) is 12.5. The van der Waals surface area contributed by atoms with Crippen molar-refractivity contribution in [3.05, 3.63) is 52.6 Å². The van der Waals surface area contributed by atoms with Crippen molar-refractivity contribution in [2.45, 2.75) is 13.8 Å². The second-order valence-corrected chi connectivity index (χ2v) is 7.89. The number of nitrogens with zero attached hydrogens (tertiary/aromatic N) is 2. The number of esters is 1. The van der Waals surface area contributed by atoms with Gasteiger partial charge in [0.15, 0.2) is 23.2 Å². The molecule has 8 nitrogen and oxygen atoms in total. The van der Waals surface area contributed by atoms with Crippen LogP contribution in [0.25, 0.3) is 16.3 Å². The summed E-state index contributed by atoms with van der Waals surface area (Å²) in [6.07, 6.45) is 1.36. The van der Waals surface area contributed by atoms with Crippen molar-refractivity contribution in [2.24, 2.45) is 0 Å². The van der Waals surface area contributed by atoms with Gasteiger partial charge in [-0.25, -0.2) is 9.78 Å². The predicted molar refractivity (Wildman–Crippen MR) is 115 cm³/mol. The lowest BCUT2D eigenvalue weighted by atomic mass is 10.1. The Labute approximate surface area is 181 Å². The van der Waals surface area contributed by atoms with E-state index in [1.54, 1.807) is 24.3 Å².